The van der Waals surface area contributed by atoms with Crippen LogP contribution in [-0.2, 0) is 13.8 Å². The van der Waals surface area contributed by atoms with Gasteiger partial charge in [-0.3, -0.25) is 4.90 Å². The standard InChI is InChI=1S/C13H17BrClNO4S/c1-10-8-11(14)9-12(21(15,17)18)13(10)20-7-4-16-2-5-19-6-3-16/h8-9H,2-7H2,1H3. The molecule has 1 fully saturated rings. The monoisotopic (exact) mass is 397 g/mol. The van der Waals surface area contributed by atoms with E-state index in [0.29, 0.717) is 16.8 Å². The summed E-state index contributed by atoms with van der Waals surface area (Å²) in [4.78, 5) is 2.21. The molecule has 0 spiro atoms. The Labute approximate surface area is 137 Å². The predicted octanol–water partition coefficient (Wildman–Crippen LogP) is 2.40. The Kier molecular flexibility index (Phi) is 5.90. The number of benzene rings is 1. The van der Waals surface area contributed by atoms with E-state index in [9.17, 15) is 8.42 Å². The van der Waals surface area contributed by atoms with Gasteiger partial charge in [0.2, 0.25) is 0 Å². The van der Waals surface area contributed by atoms with Crippen LogP contribution in [-0.4, -0.2) is 52.8 Å². The third kappa shape index (κ3) is 4.82. The summed E-state index contributed by atoms with van der Waals surface area (Å²) in [5.41, 5.74) is 0.727. The molecule has 1 aliphatic rings. The highest BCUT2D eigenvalue weighted by Gasteiger charge is 2.20. The van der Waals surface area contributed by atoms with Crippen molar-refractivity contribution in [2.75, 3.05) is 39.5 Å². The second-order valence-electron chi connectivity index (χ2n) is 4.79. The van der Waals surface area contributed by atoms with E-state index in [1.165, 1.54) is 6.07 Å². The van der Waals surface area contributed by atoms with E-state index in [4.69, 9.17) is 20.2 Å². The lowest BCUT2D eigenvalue weighted by Gasteiger charge is -2.26. The van der Waals surface area contributed by atoms with E-state index in [0.717, 1.165) is 38.4 Å². The fraction of sp³-hybridized carbons (Fsp3) is 0.538. The minimum absolute atomic E-state index is 0.00183. The number of rotatable bonds is 5. The van der Waals surface area contributed by atoms with Crippen molar-refractivity contribution in [2.24, 2.45) is 0 Å². The van der Waals surface area contributed by atoms with Crippen molar-refractivity contribution >= 4 is 35.7 Å². The van der Waals surface area contributed by atoms with Crippen LogP contribution in [0.3, 0.4) is 0 Å². The number of hydrogen-bond acceptors (Lipinski definition) is 5. The first-order chi connectivity index (χ1) is 9.88. The van der Waals surface area contributed by atoms with E-state index < -0.39 is 9.05 Å². The average Bonchev–Trinajstić information content (AvgIpc) is 2.41. The smallest absolute Gasteiger partial charge is 0.265 e. The van der Waals surface area contributed by atoms with Crippen molar-refractivity contribution in [3.63, 3.8) is 0 Å². The first kappa shape index (κ1) is 17.0. The number of morpholine rings is 1. The molecule has 0 saturated carbocycles. The Morgan fingerprint density at radius 2 is 2.05 bits per heavy atom. The van der Waals surface area contributed by atoms with Crippen LogP contribution in [0, 0.1) is 6.92 Å². The van der Waals surface area contributed by atoms with Gasteiger partial charge in [-0.05, 0) is 24.6 Å². The molecule has 0 radical (unpaired) electrons. The summed E-state index contributed by atoms with van der Waals surface area (Å²) < 4.78 is 34.9. The molecule has 0 bridgehead atoms. The van der Waals surface area contributed by atoms with Crippen molar-refractivity contribution in [3.8, 4) is 5.75 Å². The minimum atomic E-state index is -3.85. The first-order valence-corrected chi connectivity index (χ1v) is 9.66. The maximum absolute atomic E-state index is 11.7. The molecule has 1 saturated heterocycles. The lowest BCUT2D eigenvalue weighted by atomic mass is 10.2. The summed E-state index contributed by atoms with van der Waals surface area (Å²) >= 11 is 3.27. The summed E-state index contributed by atoms with van der Waals surface area (Å²) in [6.07, 6.45) is 0. The molecule has 5 nitrogen and oxygen atoms in total. The lowest BCUT2D eigenvalue weighted by molar-refractivity contribution is 0.0320. The molecule has 1 heterocycles. The summed E-state index contributed by atoms with van der Waals surface area (Å²) in [7, 11) is 1.63. The maximum Gasteiger partial charge on any atom is 0.265 e. The molecular formula is C13H17BrClNO4S. The molecular weight excluding hydrogens is 382 g/mol. The molecule has 1 aromatic rings. The highest BCUT2D eigenvalue weighted by atomic mass is 79.9. The molecule has 0 unspecified atom stereocenters. The minimum Gasteiger partial charge on any atom is -0.491 e. The normalized spacial score (nSPS) is 16.9. The van der Waals surface area contributed by atoms with Crippen LogP contribution in [0.2, 0.25) is 0 Å². The Bertz CT molecular complexity index is 602. The van der Waals surface area contributed by atoms with Gasteiger partial charge in [0.15, 0.2) is 0 Å². The van der Waals surface area contributed by atoms with E-state index >= 15 is 0 Å². The highest BCUT2D eigenvalue weighted by molar-refractivity contribution is 9.10. The summed E-state index contributed by atoms with van der Waals surface area (Å²) in [6, 6.07) is 3.26. The van der Waals surface area contributed by atoms with Gasteiger partial charge in [0, 0.05) is 34.8 Å². The van der Waals surface area contributed by atoms with E-state index in [-0.39, 0.29) is 4.90 Å². The van der Waals surface area contributed by atoms with Gasteiger partial charge in [-0.25, -0.2) is 8.42 Å². The van der Waals surface area contributed by atoms with Crippen molar-refractivity contribution < 1.29 is 17.9 Å². The predicted molar refractivity (Wildman–Crippen MR) is 84.7 cm³/mol. The largest absolute Gasteiger partial charge is 0.491 e. The lowest BCUT2D eigenvalue weighted by Crippen LogP contribution is -2.38. The number of halogens is 2. The number of nitrogens with zero attached hydrogens (tertiary/aromatic N) is 1. The van der Waals surface area contributed by atoms with Gasteiger partial charge in [-0.1, -0.05) is 15.9 Å². The summed E-state index contributed by atoms with van der Waals surface area (Å²) in [5, 5.41) is 0. The Morgan fingerprint density at radius 1 is 1.38 bits per heavy atom. The van der Waals surface area contributed by atoms with E-state index in [1.54, 1.807) is 13.0 Å². The van der Waals surface area contributed by atoms with Crippen LogP contribution in [0.25, 0.3) is 0 Å². The third-order valence-corrected chi connectivity index (χ3v) is 5.01. The molecule has 21 heavy (non-hydrogen) atoms. The second kappa shape index (κ2) is 7.28. The van der Waals surface area contributed by atoms with Crippen LogP contribution in [0.15, 0.2) is 21.5 Å². The molecule has 2 rings (SSSR count). The van der Waals surface area contributed by atoms with Crippen molar-refractivity contribution in [1.82, 2.24) is 4.90 Å². The van der Waals surface area contributed by atoms with E-state index in [2.05, 4.69) is 20.8 Å². The fourth-order valence-electron chi connectivity index (χ4n) is 2.17. The topological polar surface area (TPSA) is 55.8 Å². The van der Waals surface area contributed by atoms with Crippen molar-refractivity contribution in [3.05, 3.63) is 22.2 Å². The molecule has 118 valence electrons. The van der Waals surface area contributed by atoms with Gasteiger partial charge < -0.3 is 9.47 Å². The first-order valence-electron chi connectivity index (χ1n) is 6.55. The van der Waals surface area contributed by atoms with Crippen LogP contribution < -0.4 is 4.74 Å². The van der Waals surface area contributed by atoms with Crippen LogP contribution in [0.5, 0.6) is 5.75 Å². The fourth-order valence-corrected chi connectivity index (χ4v) is 3.94. The molecule has 0 aliphatic carbocycles. The van der Waals surface area contributed by atoms with Gasteiger partial charge in [0.25, 0.3) is 9.05 Å². The SMILES string of the molecule is Cc1cc(Br)cc(S(=O)(=O)Cl)c1OCCN1CCOCC1. The van der Waals surface area contributed by atoms with Gasteiger partial charge in [-0.2, -0.15) is 0 Å². The Balaban J connectivity index is 2.08. The summed E-state index contributed by atoms with van der Waals surface area (Å²) in [5.74, 6) is 0.321. The van der Waals surface area contributed by atoms with Gasteiger partial charge in [0.1, 0.15) is 17.3 Å². The van der Waals surface area contributed by atoms with Crippen LogP contribution in [0.1, 0.15) is 5.56 Å². The van der Waals surface area contributed by atoms with Crippen LogP contribution >= 0.6 is 26.6 Å². The van der Waals surface area contributed by atoms with E-state index in [1.807, 2.05) is 0 Å². The second-order valence-corrected chi connectivity index (χ2v) is 8.24. The van der Waals surface area contributed by atoms with Crippen molar-refractivity contribution in [1.29, 1.82) is 0 Å². The Hall–Kier alpha value is -0.340. The zero-order chi connectivity index (χ0) is 15.5. The molecule has 1 aromatic carbocycles. The quantitative estimate of drug-likeness (QED) is 0.713. The molecule has 1 aliphatic heterocycles. The highest BCUT2D eigenvalue weighted by Crippen LogP contribution is 2.33. The zero-order valence-corrected chi connectivity index (χ0v) is 14.8. The average molecular weight is 399 g/mol. The van der Waals surface area contributed by atoms with Gasteiger partial charge >= 0.3 is 0 Å². The maximum atomic E-state index is 11.7. The molecule has 0 aromatic heterocycles. The molecule has 0 amide bonds. The van der Waals surface area contributed by atoms with Crippen LogP contribution in [0.4, 0.5) is 0 Å². The third-order valence-electron chi connectivity index (χ3n) is 3.23. The number of aryl methyl sites for hydroxylation is 1. The van der Waals surface area contributed by atoms with Gasteiger partial charge in [-0.15, -0.1) is 0 Å². The van der Waals surface area contributed by atoms with Gasteiger partial charge in [0.05, 0.1) is 13.2 Å². The number of hydrogen-bond donors (Lipinski definition) is 0. The summed E-state index contributed by atoms with van der Waals surface area (Å²) in [6.45, 7) is 6.09. The molecule has 0 atom stereocenters. The number of ether oxygens (including phenoxy) is 2. The Morgan fingerprint density at radius 3 is 2.67 bits per heavy atom. The van der Waals surface area contributed by atoms with Crippen molar-refractivity contribution in [2.45, 2.75) is 11.8 Å². The molecule has 0 N–H and O–H groups in total. The molecule has 8 heteroatoms. The zero-order valence-electron chi connectivity index (χ0n) is 11.6.